The van der Waals surface area contributed by atoms with Gasteiger partial charge in [-0.1, -0.05) is 24.3 Å². The first-order chi connectivity index (χ1) is 11.3. The predicted octanol–water partition coefficient (Wildman–Crippen LogP) is 4.95. The lowest BCUT2D eigenvalue weighted by Gasteiger charge is -2.00. The fraction of sp³-hybridized carbons (Fsp3) is 0. The van der Waals surface area contributed by atoms with Crippen molar-refractivity contribution in [3.63, 3.8) is 0 Å². The standard InChI is InChI=1S/C18H14N4O/c23-17-10-9-16(22-21-15-6-2-1-3-7-15)12-14(17)13-20-18-8-4-5-11-19-18/h1-13,23H/b20-13+,22-21?. The van der Waals surface area contributed by atoms with Crippen LogP contribution in [0.3, 0.4) is 0 Å². The Kier molecular flexibility index (Phi) is 4.49. The summed E-state index contributed by atoms with van der Waals surface area (Å²) >= 11 is 0. The summed E-state index contributed by atoms with van der Waals surface area (Å²) in [4.78, 5) is 8.33. The monoisotopic (exact) mass is 302 g/mol. The van der Waals surface area contributed by atoms with Crippen molar-refractivity contribution in [2.24, 2.45) is 15.2 Å². The third-order valence-corrected chi connectivity index (χ3v) is 3.03. The number of hydrogen-bond acceptors (Lipinski definition) is 5. The molecule has 23 heavy (non-hydrogen) atoms. The van der Waals surface area contributed by atoms with Crippen LogP contribution in [0.25, 0.3) is 0 Å². The van der Waals surface area contributed by atoms with E-state index in [0.29, 0.717) is 17.1 Å². The Morgan fingerprint density at radius 2 is 1.61 bits per heavy atom. The van der Waals surface area contributed by atoms with Crippen LogP contribution in [0.5, 0.6) is 5.75 Å². The molecule has 1 N–H and O–H groups in total. The van der Waals surface area contributed by atoms with Gasteiger partial charge in [0.15, 0.2) is 5.82 Å². The van der Waals surface area contributed by atoms with Crippen LogP contribution in [0, 0.1) is 0 Å². The highest BCUT2D eigenvalue weighted by Crippen LogP contribution is 2.24. The molecule has 0 aliphatic heterocycles. The number of benzene rings is 2. The number of phenols is 1. The van der Waals surface area contributed by atoms with E-state index in [4.69, 9.17) is 0 Å². The van der Waals surface area contributed by atoms with E-state index in [1.54, 1.807) is 36.7 Å². The Hall–Kier alpha value is -3.34. The Bertz CT molecular complexity index is 830. The number of rotatable bonds is 4. The number of aliphatic imine (C=N–C) groups is 1. The Labute approximate surface area is 133 Å². The maximum atomic E-state index is 9.91. The molecule has 0 amide bonds. The molecule has 0 saturated carbocycles. The molecule has 0 aliphatic carbocycles. The number of aromatic hydroxyl groups is 1. The second-order valence-corrected chi connectivity index (χ2v) is 4.72. The van der Waals surface area contributed by atoms with Gasteiger partial charge in [-0.05, 0) is 42.5 Å². The lowest BCUT2D eigenvalue weighted by Crippen LogP contribution is -1.82. The summed E-state index contributed by atoms with van der Waals surface area (Å²) in [7, 11) is 0. The van der Waals surface area contributed by atoms with Gasteiger partial charge in [0.05, 0.1) is 11.4 Å². The molecule has 112 valence electrons. The molecule has 0 unspecified atom stereocenters. The fourth-order valence-corrected chi connectivity index (χ4v) is 1.88. The number of aromatic nitrogens is 1. The Balaban J connectivity index is 1.82. The van der Waals surface area contributed by atoms with E-state index in [9.17, 15) is 5.11 Å². The summed E-state index contributed by atoms with van der Waals surface area (Å²) in [5.41, 5.74) is 1.96. The maximum Gasteiger partial charge on any atom is 0.151 e. The van der Waals surface area contributed by atoms with Crippen LogP contribution >= 0.6 is 0 Å². The topological polar surface area (TPSA) is 70.2 Å². The molecule has 0 atom stereocenters. The zero-order chi connectivity index (χ0) is 15.9. The molecule has 1 heterocycles. The van der Waals surface area contributed by atoms with Gasteiger partial charge in [0, 0.05) is 18.0 Å². The van der Waals surface area contributed by atoms with Crippen molar-refractivity contribution in [1.29, 1.82) is 0 Å². The maximum absolute atomic E-state index is 9.91. The average molecular weight is 302 g/mol. The summed E-state index contributed by atoms with van der Waals surface area (Å²) < 4.78 is 0. The highest BCUT2D eigenvalue weighted by molar-refractivity contribution is 5.86. The van der Waals surface area contributed by atoms with E-state index in [1.165, 1.54) is 0 Å². The van der Waals surface area contributed by atoms with Crippen molar-refractivity contribution < 1.29 is 5.11 Å². The van der Waals surface area contributed by atoms with E-state index >= 15 is 0 Å². The number of nitrogens with zero attached hydrogens (tertiary/aromatic N) is 4. The number of pyridine rings is 1. The normalized spacial score (nSPS) is 11.3. The summed E-state index contributed by atoms with van der Waals surface area (Å²) in [5, 5.41) is 18.2. The van der Waals surface area contributed by atoms with Gasteiger partial charge in [-0.25, -0.2) is 9.98 Å². The molecule has 0 radical (unpaired) electrons. The van der Waals surface area contributed by atoms with Crippen molar-refractivity contribution in [2.45, 2.75) is 0 Å². The molecule has 0 spiro atoms. The third-order valence-electron chi connectivity index (χ3n) is 3.03. The molecule has 3 aromatic rings. The van der Waals surface area contributed by atoms with Crippen LogP contribution in [0.2, 0.25) is 0 Å². The Morgan fingerprint density at radius 1 is 0.826 bits per heavy atom. The van der Waals surface area contributed by atoms with E-state index in [1.807, 2.05) is 42.5 Å². The summed E-state index contributed by atoms with van der Waals surface area (Å²) in [6, 6.07) is 19.9. The lowest BCUT2D eigenvalue weighted by molar-refractivity contribution is 0.474. The van der Waals surface area contributed by atoms with Gasteiger partial charge in [0.1, 0.15) is 5.75 Å². The van der Waals surface area contributed by atoms with E-state index < -0.39 is 0 Å². The van der Waals surface area contributed by atoms with Gasteiger partial charge in [-0.3, -0.25) is 0 Å². The van der Waals surface area contributed by atoms with Crippen LogP contribution in [-0.2, 0) is 0 Å². The zero-order valence-electron chi connectivity index (χ0n) is 12.2. The van der Waals surface area contributed by atoms with Crippen LogP contribution in [0.15, 0.2) is 88.1 Å². The number of azo groups is 1. The van der Waals surface area contributed by atoms with Gasteiger partial charge in [-0.2, -0.15) is 10.2 Å². The van der Waals surface area contributed by atoms with E-state index in [0.717, 1.165) is 5.69 Å². The minimum absolute atomic E-state index is 0.128. The fourth-order valence-electron chi connectivity index (χ4n) is 1.88. The summed E-state index contributed by atoms with van der Waals surface area (Å²) in [6.07, 6.45) is 3.22. The molecule has 0 bridgehead atoms. The van der Waals surface area contributed by atoms with E-state index in [-0.39, 0.29) is 5.75 Å². The van der Waals surface area contributed by atoms with Gasteiger partial charge in [-0.15, -0.1) is 0 Å². The smallest absolute Gasteiger partial charge is 0.151 e. The zero-order valence-corrected chi connectivity index (χ0v) is 12.2. The quantitative estimate of drug-likeness (QED) is 0.547. The van der Waals surface area contributed by atoms with Crippen LogP contribution in [0.1, 0.15) is 5.56 Å². The molecule has 5 heteroatoms. The Morgan fingerprint density at radius 3 is 2.39 bits per heavy atom. The van der Waals surface area contributed by atoms with Gasteiger partial charge in [0.25, 0.3) is 0 Å². The van der Waals surface area contributed by atoms with Crippen LogP contribution < -0.4 is 0 Å². The predicted molar refractivity (Wildman–Crippen MR) is 90.2 cm³/mol. The average Bonchev–Trinajstić information content (AvgIpc) is 2.62. The molecule has 0 saturated heterocycles. The van der Waals surface area contributed by atoms with Crippen molar-refractivity contribution in [1.82, 2.24) is 4.98 Å². The molecule has 3 rings (SSSR count). The van der Waals surface area contributed by atoms with Crippen molar-refractivity contribution in [2.75, 3.05) is 0 Å². The van der Waals surface area contributed by atoms with Crippen molar-refractivity contribution in [3.8, 4) is 5.75 Å². The number of hydrogen-bond donors (Lipinski definition) is 1. The molecule has 5 nitrogen and oxygen atoms in total. The third kappa shape index (κ3) is 4.07. The largest absolute Gasteiger partial charge is 0.507 e. The van der Waals surface area contributed by atoms with Crippen LogP contribution in [-0.4, -0.2) is 16.3 Å². The second kappa shape index (κ2) is 7.09. The first-order valence-corrected chi connectivity index (χ1v) is 7.06. The number of phenolic OH excluding ortho intramolecular Hbond substituents is 1. The van der Waals surface area contributed by atoms with Gasteiger partial charge >= 0.3 is 0 Å². The van der Waals surface area contributed by atoms with Gasteiger partial charge < -0.3 is 5.11 Å². The first-order valence-electron chi connectivity index (χ1n) is 7.06. The van der Waals surface area contributed by atoms with E-state index in [2.05, 4.69) is 20.2 Å². The van der Waals surface area contributed by atoms with Crippen molar-refractivity contribution in [3.05, 3.63) is 78.5 Å². The molecule has 0 aliphatic rings. The molecule has 0 fully saturated rings. The summed E-state index contributed by atoms with van der Waals surface area (Å²) in [5.74, 6) is 0.701. The molecular formula is C18H14N4O. The molecule has 1 aromatic heterocycles. The second-order valence-electron chi connectivity index (χ2n) is 4.72. The SMILES string of the molecule is Oc1ccc(N=Nc2ccccc2)cc1/C=N/c1ccccn1. The highest BCUT2D eigenvalue weighted by Gasteiger charge is 2.00. The molecular weight excluding hydrogens is 288 g/mol. The highest BCUT2D eigenvalue weighted by atomic mass is 16.3. The summed E-state index contributed by atoms with van der Waals surface area (Å²) in [6.45, 7) is 0. The van der Waals surface area contributed by atoms with Crippen LogP contribution in [0.4, 0.5) is 17.2 Å². The first kappa shape index (κ1) is 14.6. The minimum Gasteiger partial charge on any atom is -0.507 e. The van der Waals surface area contributed by atoms with Gasteiger partial charge in [0.2, 0.25) is 0 Å². The molecule has 2 aromatic carbocycles. The minimum atomic E-state index is 0.128. The van der Waals surface area contributed by atoms with Crippen molar-refractivity contribution >= 4 is 23.4 Å². The lowest BCUT2D eigenvalue weighted by atomic mass is 10.2.